The minimum atomic E-state index is -4.08. The van der Waals surface area contributed by atoms with Crippen LogP contribution in [0.2, 0.25) is 4.34 Å². The van der Waals surface area contributed by atoms with Crippen LogP contribution >= 0.6 is 22.9 Å². The number of nitrogens with two attached hydrogens (primary N) is 1. The second-order valence-corrected chi connectivity index (χ2v) is 12.7. The average Bonchev–Trinajstić information content (AvgIpc) is 3.32. The van der Waals surface area contributed by atoms with E-state index in [9.17, 15) is 18.0 Å². The summed E-state index contributed by atoms with van der Waals surface area (Å²) >= 11 is 6.91. The summed E-state index contributed by atoms with van der Waals surface area (Å²) in [6.07, 6.45) is 1.96. The highest BCUT2D eigenvalue weighted by atomic mass is 35.5. The molecule has 1 atom stereocenters. The van der Waals surface area contributed by atoms with Crippen LogP contribution in [0.1, 0.15) is 32.1 Å². The van der Waals surface area contributed by atoms with Gasteiger partial charge in [-0.2, -0.15) is 4.31 Å². The Morgan fingerprint density at radius 2 is 1.78 bits per heavy atom. The van der Waals surface area contributed by atoms with Gasteiger partial charge in [0.25, 0.3) is 15.9 Å². The van der Waals surface area contributed by atoms with Crippen LogP contribution in [0.4, 0.5) is 10.5 Å². The number of methoxy groups -OCH3 is 1. The van der Waals surface area contributed by atoms with Crippen LogP contribution in [-0.2, 0) is 14.8 Å². The van der Waals surface area contributed by atoms with Gasteiger partial charge in [-0.3, -0.25) is 9.69 Å². The average molecular weight is 556 g/mol. The van der Waals surface area contributed by atoms with Gasteiger partial charge in [0, 0.05) is 30.9 Å². The van der Waals surface area contributed by atoms with Crippen molar-refractivity contribution in [3.05, 3.63) is 40.7 Å². The van der Waals surface area contributed by atoms with E-state index in [1.807, 2.05) is 0 Å². The van der Waals surface area contributed by atoms with Gasteiger partial charge < -0.3 is 21.1 Å². The Balaban J connectivity index is 1.61. The molecule has 1 aliphatic carbocycles. The van der Waals surface area contributed by atoms with E-state index in [1.54, 1.807) is 31.4 Å². The van der Waals surface area contributed by atoms with Gasteiger partial charge >= 0.3 is 6.03 Å². The third kappa shape index (κ3) is 5.94. The number of hydrogen-bond acceptors (Lipinski definition) is 7. The summed E-state index contributed by atoms with van der Waals surface area (Å²) in [6, 6.07) is 9.03. The number of carbonyl (C=O) groups excluding carboxylic acids is 2. The van der Waals surface area contributed by atoms with E-state index in [-0.39, 0.29) is 29.4 Å². The molecule has 36 heavy (non-hydrogen) atoms. The van der Waals surface area contributed by atoms with Gasteiger partial charge in [0.1, 0.15) is 9.96 Å². The first-order valence-corrected chi connectivity index (χ1v) is 14.4. The number of benzene rings is 1. The van der Waals surface area contributed by atoms with Gasteiger partial charge in [0.2, 0.25) is 0 Å². The molecule has 0 bridgehead atoms. The predicted octanol–water partition coefficient (Wildman–Crippen LogP) is 3.05. The van der Waals surface area contributed by atoms with Crippen LogP contribution < -0.4 is 21.1 Å². The summed E-state index contributed by atoms with van der Waals surface area (Å²) in [5, 5.41) is 5.74. The van der Waals surface area contributed by atoms with Crippen LogP contribution in [0.5, 0.6) is 5.75 Å². The highest BCUT2D eigenvalue weighted by Crippen LogP contribution is 2.32. The lowest BCUT2D eigenvalue weighted by molar-refractivity contribution is -0.131. The summed E-state index contributed by atoms with van der Waals surface area (Å²) < 4.78 is 33.7. The number of nitrogens with zero attached hydrogens (tertiary/aromatic N) is 2. The van der Waals surface area contributed by atoms with Gasteiger partial charge in [0.05, 0.1) is 11.4 Å². The topological polar surface area (TPSA) is 134 Å². The summed E-state index contributed by atoms with van der Waals surface area (Å²) in [5.74, 6) is 0.0913. The molecule has 2 fully saturated rings. The standard InChI is InChI=1S/C23H30ClN5O5S2/c1-34-18-9-7-17(8-10-18)27-23(31)28-13-2-14-29(36(32,33)20-12-11-19(24)35-20)22(28)21(30)26-16-5-3-15(25)4-6-16/h7-12,15-16,22H,2-6,13-14,25H2,1H3,(H,26,30)(H,27,31). The minimum absolute atomic E-state index is 0.0198. The summed E-state index contributed by atoms with van der Waals surface area (Å²) in [4.78, 5) is 28.2. The molecule has 2 aliphatic rings. The highest BCUT2D eigenvalue weighted by molar-refractivity contribution is 7.91. The fourth-order valence-corrected chi connectivity index (χ4v) is 7.70. The zero-order chi connectivity index (χ0) is 25.9. The maximum absolute atomic E-state index is 13.6. The van der Waals surface area contributed by atoms with Crippen molar-refractivity contribution in [3.8, 4) is 5.75 Å². The molecule has 13 heteroatoms. The third-order valence-electron chi connectivity index (χ3n) is 6.41. The minimum Gasteiger partial charge on any atom is -0.497 e. The molecular formula is C23H30ClN5O5S2. The number of thiophene rings is 1. The summed E-state index contributed by atoms with van der Waals surface area (Å²) in [7, 11) is -2.54. The lowest BCUT2D eigenvalue weighted by Crippen LogP contribution is -2.64. The number of rotatable bonds is 6. The van der Waals surface area contributed by atoms with Crippen molar-refractivity contribution in [1.82, 2.24) is 14.5 Å². The highest BCUT2D eigenvalue weighted by Gasteiger charge is 2.45. The molecule has 1 aromatic carbocycles. The van der Waals surface area contributed by atoms with Gasteiger partial charge in [-0.15, -0.1) is 11.3 Å². The lowest BCUT2D eigenvalue weighted by Gasteiger charge is -2.42. The molecule has 2 aromatic rings. The van der Waals surface area contributed by atoms with Crippen molar-refractivity contribution in [2.75, 3.05) is 25.5 Å². The lowest BCUT2D eigenvalue weighted by atomic mass is 9.92. The van der Waals surface area contributed by atoms with Gasteiger partial charge in [-0.25, -0.2) is 13.2 Å². The van der Waals surface area contributed by atoms with E-state index in [0.29, 0.717) is 35.0 Å². The van der Waals surface area contributed by atoms with Crippen LogP contribution in [-0.4, -0.2) is 68.0 Å². The monoisotopic (exact) mass is 555 g/mol. The Kier molecular flexibility index (Phi) is 8.41. The number of sulfonamides is 1. The van der Waals surface area contributed by atoms with Crippen molar-refractivity contribution in [2.45, 2.75) is 54.6 Å². The molecule has 1 aromatic heterocycles. The number of carbonyl (C=O) groups is 2. The zero-order valence-corrected chi connectivity index (χ0v) is 22.2. The molecule has 4 N–H and O–H groups in total. The van der Waals surface area contributed by atoms with E-state index in [0.717, 1.165) is 28.5 Å². The second kappa shape index (κ2) is 11.3. The van der Waals surface area contributed by atoms with Crippen LogP contribution in [0, 0.1) is 0 Å². The normalized spacial score (nSPS) is 23.2. The van der Waals surface area contributed by atoms with Crippen molar-refractivity contribution >= 4 is 50.6 Å². The molecule has 196 valence electrons. The second-order valence-electron chi connectivity index (χ2n) is 8.87. The summed E-state index contributed by atoms with van der Waals surface area (Å²) in [6.45, 7) is 0.310. The first-order chi connectivity index (χ1) is 17.2. The molecule has 3 amide bonds. The predicted molar refractivity (Wildman–Crippen MR) is 139 cm³/mol. The fraction of sp³-hybridized carbons (Fsp3) is 0.478. The Labute approximate surface area is 219 Å². The first-order valence-electron chi connectivity index (χ1n) is 11.7. The molecule has 1 aliphatic heterocycles. The van der Waals surface area contributed by atoms with Crippen LogP contribution in [0.3, 0.4) is 0 Å². The third-order valence-corrected chi connectivity index (χ3v) is 9.96. The van der Waals surface area contributed by atoms with E-state index >= 15 is 0 Å². The molecule has 4 rings (SSSR count). The van der Waals surface area contributed by atoms with E-state index < -0.39 is 28.1 Å². The van der Waals surface area contributed by atoms with Crippen molar-refractivity contribution in [1.29, 1.82) is 0 Å². The smallest absolute Gasteiger partial charge is 0.323 e. The SMILES string of the molecule is COc1ccc(NC(=O)N2CCCN(S(=O)(=O)c3ccc(Cl)s3)C2C(=O)NC2CCC(N)CC2)cc1. The number of nitrogens with one attached hydrogen (secondary N) is 2. The maximum Gasteiger partial charge on any atom is 0.323 e. The molecular weight excluding hydrogens is 526 g/mol. The maximum atomic E-state index is 13.6. The Morgan fingerprint density at radius 1 is 1.08 bits per heavy atom. The molecule has 10 nitrogen and oxygen atoms in total. The molecule has 0 spiro atoms. The first kappa shape index (κ1) is 26.7. The molecule has 1 saturated carbocycles. The zero-order valence-electron chi connectivity index (χ0n) is 19.9. The Bertz CT molecular complexity index is 1180. The number of urea groups is 1. The van der Waals surface area contributed by atoms with Gasteiger partial charge in [-0.05, 0) is 68.5 Å². The van der Waals surface area contributed by atoms with E-state index in [4.69, 9.17) is 22.1 Å². The van der Waals surface area contributed by atoms with Gasteiger partial charge in [-0.1, -0.05) is 11.6 Å². The van der Waals surface area contributed by atoms with Crippen LogP contribution in [0.25, 0.3) is 0 Å². The quantitative estimate of drug-likeness (QED) is 0.501. The van der Waals surface area contributed by atoms with Crippen molar-refractivity contribution in [2.24, 2.45) is 5.73 Å². The van der Waals surface area contributed by atoms with E-state index in [1.165, 1.54) is 17.0 Å². The number of halogens is 1. The molecule has 1 unspecified atom stereocenters. The summed E-state index contributed by atoms with van der Waals surface area (Å²) in [5.41, 5.74) is 6.48. The number of ether oxygens (including phenoxy) is 1. The number of hydrogen-bond donors (Lipinski definition) is 3. The van der Waals surface area contributed by atoms with Crippen molar-refractivity contribution in [3.63, 3.8) is 0 Å². The molecule has 0 radical (unpaired) electrons. The number of amides is 3. The Morgan fingerprint density at radius 3 is 2.39 bits per heavy atom. The van der Waals surface area contributed by atoms with Crippen LogP contribution in [0.15, 0.2) is 40.6 Å². The van der Waals surface area contributed by atoms with E-state index in [2.05, 4.69) is 10.6 Å². The Hall–Kier alpha value is -2.38. The largest absolute Gasteiger partial charge is 0.497 e. The molecule has 2 heterocycles. The van der Waals surface area contributed by atoms with Crippen molar-refractivity contribution < 1.29 is 22.7 Å². The molecule has 1 saturated heterocycles. The number of anilines is 1. The van der Waals surface area contributed by atoms with Gasteiger partial charge in [0.15, 0.2) is 6.17 Å². The fourth-order valence-electron chi connectivity index (χ4n) is 4.49.